The zero-order chi connectivity index (χ0) is 18.8. The summed E-state index contributed by atoms with van der Waals surface area (Å²) in [5.74, 6) is 1.25. The van der Waals surface area contributed by atoms with Crippen LogP contribution in [0.4, 0.5) is 0 Å². The normalized spacial score (nSPS) is 10.7. The number of rotatable bonds is 8. The molecule has 0 aliphatic carbocycles. The van der Waals surface area contributed by atoms with Gasteiger partial charge in [0.1, 0.15) is 17.3 Å². The number of amides is 1. The van der Waals surface area contributed by atoms with Crippen molar-refractivity contribution < 1.29 is 9.53 Å². The first-order chi connectivity index (χ1) is 12.6. The zero-order valence-electron chi connectivity index (χ0n) is 15.7. The van der Waals surface area contributed by atoms with Crippen LogP contribution in [-0.4, -0.2) is 37.1 Å². The van der Waals surface area contributed by atoms with Crippen LogP contribution in [0.15, 0.2) is 35.5 Å². The summed E-state index contributed by atoms with van der Waals surface area (Å²) in [4.78, 5) is 21.8. The molecule has 2 aromatic rings. The molecule has 1 amide bonds. The second-order valence-corrected chi connectivity index (χ2v) is 6.86. The molecule has 0 aliphatic rings. The molecule has 148 valence electrons. The van der Waals surface area contributed by atoms with Gasteiger partial charge < -0.3 is 20.7 Å². The maximum Gasteiger partial charge on any atom is 0.242 e. The van der Waals surface area contributed by atoms with Gasteiger partial charge in [0, 0.05) is 24.2 Å². The molecule has 0 bridgehead atoms. The van der Waals surface area contributed by atoms with E-state index in [2.05, 4.69) is 25.9 Å². The summed E-state index contributed by atoms with van der Waals surface area (Å²) in [6.07, 6.45) is 1.85. The van der Waals surface area contributed by atoms with Crippen molar-refractivity contribution in [3.8, 4) is 5.75 Å². The van der Waals surface area contributed by atoms with Gasteiger partial charge >= 0.3 is 0 Å². The Morgan fingerprint density at radius 3 is 2.52 bits per heavy atom. The van der Waals surface area contributed by atoms with E-state index >= 15 is 0 Å². The number of aromatic nitrogens is 1. The molecule has 0 saturated carbocycles. The summed E-state index contributed by atoms with van der Waals surface area (Å²) >= 11 is 1.64. The van der Waals surface area contributed by atoms with Crippen LogP contribution in [0.1, 0.15) is 22.4 Å². The quantitative estimate of drug-likeness (QED) is 0.293. The first-order valence-corrected chi connectivity index (χ1v) is 9.25. The van der Waals surface area contributed by atoms with Crippen LogP contribution >= 0.6 is 35.3 Å². The highest BCUT2D eigenvalue weighted by Crippen LogP contribution is 2.11. The van der Waals surface area contributed by atoms with E-state index in [-0.39, 0.29) is 36.4 Å². The number of nitrogens with one attached hydrogen (secondary N) is 3. The number of ether oxygens (including phenoxy) is 1. The SMILES string of the molecule is CCNC(=NCC(=O)NCc1ccc(OC)cc1)NCc1ncc(C)s1.I. The van der Waals surface area contributed by atoms with Crippen LogP contribution in [0.25, 0.3) is 0 Å². The highest BCUT2D eigenvalue weighted by Gasteiger charge is 2.04. The van der Waals surface area contributed by atoms with E-state index in [1.165, 1.54) is 4.88 Å². The Kier molecular flexibility index (Phi) is 10.7. The van der Waals surface area contributed by atoms with E-state index in [0.29, 0.717) is 19.0 Å². The van der Waals surface area contributed by atoms with Crippen LogP contribution < -0.4 is 20.7 Å². The van der Waals surface area contributed by atoms with E-state index in [1.807, 2.05) is 44.3 Å². The lowest BCUT2D eigenvalue weighted by molar-refractivity contribution is -0.119. The van der Waals surface area contributed by atoms with Crippen molar-refractivity contribution in [3.63, 3.8) is 0 Å². The number of thiazole rings is 1. The third kappa shape index (κ3) is 8.57. The Morgan fingerprint density at radius 1 is 1.19 bits per heavy atom. The molecule has 27 heavy (non-hydrogen) atoms. The Labute approximate surface area is 181 Å². The summed E-state index contributed by atoms with van der Waals surface area (Å²) in [5, 5.41) is 10.2. The zero-order valence-corrected chi connectivity index (χ0v) is 18.9. The lowest BCUT2D eigenvalue weighted by Crippen LogP contribution is -2.38. The molecule has 7 nitrogen and oxygen atoms in total. The third-order valence-electron chi connectivity index (χ3n) is 3.45. The van der Waals surface area contributed by atoms with E-state index in [0.717, 1.165) is 22.9 Å². The van der Waals surface area contributed by atoms with Crippen molar-refractivity contribution in [2.45, 2.75) is 26.9 Å². The van der Waals surface area contributed by atoms with Gasteiger partial charge in [-0.05, 0) is 31.5 Å². The molecular formula is C18H26IN5O2S. The Hall–Kier alpha value is -1.88. The van der Waals surface area contributed by atoms with Crippen LogP contribution in [0.3, 0.4) is 0 Å². The molecule has 9 heteroatoms. The number of halogens is 1. The molecule has 0 atom stereocenters. The smallest absolute Gasteiger partial charge is 0.242 e. The highest BCUT2D eigenvalue weighted by molar-refractivity contribution is 14.0. The molecule has 0 aliphatic heterocycles. The summed E-state index contributed by atoms with van der Waals surface area (Å²) in [6, 6.07) is 7.58. The number of aryl methyl sites for hydroxylation is 1. The number of aliphatic imine (C=N–C) groups is 1. The fourth-order valence-corrected chi connectivity index (χ4v) is 2.86. The molecule has 0 unspecified atom stereocenters. The van der Waals surface area contributed by atoms with Gasteiger partial charge in [0.05, 0.1) is 13.7 Å². The average Bonchev–Trinajstić information content (AvgIpc) is 3.08. The lowest BCUT2D eigenvalue weighted by Gasteiger charge is -2.10. The van der Waals surface area contributed by atoms with Crippen molar-refractivity contribution >= 4 is 47.2 Å². The fraction of sp³-hybridized carbons (Fsp3) is 0.389. The Morgan fingerprint density at radius 2 is 1.93 bits per heavy atom. The van der Waals surface area contributed by atoms with Gasteiger partial charge in [0.2, 0.25) is 5.91 Å². The maximum absolute atomic E-state index is 12.0. The van der Waals surface area contributed by atoms with Crippen LogP contribution in [0.2, 0.25) is 0 Å². The largest absolute Gasteiger partial charge is 0.497 e. The predicted molar refractivity (Wildman–Crippen MR) is 120 cm³/mol. The number of nitrogens with zero attached hydrogens (tertiary/aromatic N) is 2. The van der Waals surface area contributed by atoms with Crippen molar-refractivity contribution in [1.82, 2.24) is 20.9 Å². The number of hydrogen-bond acceptors (Lipinski definition) is 5. The molecule has 0 fully saturated rings. The Balaban J connectivity index is 0.00000364. The van der Waals surface area contributed by atoms with Gasteiger partial charge in [-0.1, -0.05) is 12.1 Å². The predicted octanol–water partition coefficient (Wildman–Crippen LogP) is 2.45. The molecular weight excluding hydrogens is 477 g/mol. The maximum atomic E-state index is 12.0. The number of guanidine groups is 1. The van der Waals surface area contributed by atoms with Crippen LogP contribution in [0.5, 0.6) is 5.75 Å². The minimum atomic E-state index is -0.136. The highest BCUT2D eigenvalue weighted by atomic mass is 127. The van der Waals surface area contributed by atoms with E-state index in [1.54, 1.807) is 18.4 Å². The van der Waals surface area contributed by atoms with Gasteiger partial charge in [-0.2, -0.15) is 0 Å². The average molecular weight is 503 g/mol. The molecule has 0 saturated heterocycles. The van der Waals surface area contributed by atoms with Gasteiger partial charge in [0.25, 0.3) is 0 Å². The first-order valence-electron chi connectivity index (χ1n) is 8.43. The molecule has 2 rings (SSSR count). The third-order valence-corrected chi connectivity index (χ3v) is 4.36. The van der Waals surface area contributed by atoms with Gasteiger partial charge in [0.15, 0.2) is 5.96 Å². The number of carbonyl (C=O) groups is 1. The topological polar surface area (TPSA) is 87.6 Å². The molecule has 3 N–H and O–H groups in total. The van der Waals surface area contributed by atoms with Gasteiger partial charge in [-0.25, -0.2) is 9.98 Å². The monoisotopic (exact) mass is 503 g/mol. The summed E-state index contributed by atoms with van der Waals surface area (Å²) in [7, 11) is 1.63. The molecule has 0 radical (unpaired) electrons. The Bertz CT molecular complexity index is 734. The fourth-order valence-electron chi connectivity index (χ4n) is 2.14. The minimum absolute atomic E-state index is 0. The lowest BCUT2D eigenvalue weighted by atomic mass is 10.2. The van der Waals surface area contributed by atoms with Crippen molar-refractivity contribution in [2.24, 2.45) is 4.99 Å². The van der Waals surface area contributed by atoms with Gasteiger partial charge in [-0.15, -0.1) is 35.3 Å². The van der Waals surface area contributed by atoms with Crippen molar-refractivity contribution in [3.05, 3.63) is 45.9 Å². The minimum Gasteiger partial charge on any atom is -0.497 e. The van der Waals surface area contributed by atoms with Crippen LogP contribution in [0, 0.1) is 6.92 Å². The molecule has 1 aromatic heterocycles. The summed E-state index contributed by atoms with van der Waals surface area (Å²) < 4.78 is 5.12. The number of hydrogen-bond donors (Lipinski definition) is 3. The van der Waals surface area contributed by atoms with E-state index in [9.17, 15) is 4.79 Å². The van der Waals surface area contributed by atoms with Crippen molar-refractivity contribution in [1.29, 1.82) is 0 Å². The number of carbonyl (C=O) groups excluding carboxylic acids is 1. The summed E-state index contributed by atoms with van der Waals surface area (Å²) in [5.41, 5.74) is 1.01. The van der Waals surface area contributed by atoms with Gasteiger partial charge in [-0.3, -0.25) is 4.79 Å². The van der Waals surface area contributed by atoms with Crippen LogP contribution in [-0.2, 0) is 17.9 Å². The number of methoxy groups -OCH3 is 1. The summed E-state index contributed by atoms with van der Waals surface area (Å²) in [6.45, 7) is 5.82. The molecule has 0 spiro atoms. The first kappa shape index (κ1) is 23.2. The number of benzene rings is 1. The molecule has 1 heterocycles. The van der Waals surface area contributed by atoms with E-state index < -0.39 is 0 Å². The second kappa shape index (κ2) is 12.5. The van der Waals surface area contributed by atoms with Crippen molar-refractivity contribution in [2.75, 3.05) is 20.2 Å². The second-order valence-electron chi connectivity index (χ2n) is 5.54. The van der Waals surface area contributed by atoms with E-state index in [4.69, 9.17) is 4.74 Å². The standard InChI is InChI=1S/C18H25N5O2S.HI/c1-4-19-18(23-12-17-21-9-13(2)26-17)22-11-16(24)20-10-14-5-7-15(25-3)8-6-14;/h5-9H,4,10-12H2,1-3H3,(H,20,24)(H2,19,22,23);1H. The molecule has 1 aromatic carbocycles.